The lowest BCUT2D eigenvalue weighted by Crippen LogP contribution is -2.46. The van der Waals surface area contributed by atoms with Crippen LogP contribution in [0.25, 0.3) is 0 Å². The maximum absolute atomic E-state index is 13.1. The number of hydrogen-bond acceptors (Lipinski definition) is 2. The molecule has 5 heteroatoms. The Balaban J connectivity index is 2.20. The molecule has 2 nitrogen and oxygen atoms in total. The molecule has 1 unspecified atom stereocenters. The SMILES string of the molecule is NCCC(N1CCCc2ccccc2C1)C(F)(F)F. The minimum absolute atomic E-state index is 0.0360. The van der Waals surface area contributed by atoms with Crippen molar-refractivity contribution in [3.63, 3.8) is 0 Å². The van der Waals surface area contributed by atoms with Gasteiger partial charge in [0.2, 0.25) is 0 Å². The van der Waals surface area contributed by atoms with Gasteiger partial charge in [0.05, 0.1) is 0 Å². The third-order valence-corrected chi connectivity index (χ3v) is 3.64. The topological polar surface area (TPSA) is 29.3 Å². The van der Waals surface area contributed by atoms with Crippen molar-refractivity contribution in [3.8, 4) is 0 Å². The number of benzene rings is 1. The second-order valence-corrected chi connectivity index (χ2v) is 4.98. The van der Waals surface area contributed by atoms with Gasteiger partial charge in [0, 0.05) is 6.54 Å². The lowest BCUT2D eigenvalue weighted by Gasteiger charge is -2.32. The van der Waals surface area contributed by atoms with Crippen molar-refractivity contribution in [1.82, 2.24) is 4.90 Å². The summed E-state index contributed by atoms with van der Waals surface area (Å²) in [4.78, 5) is 1.53. The molecule has 0 amide bonds. The van der Waals surface area contributed by atoms with E-state index in [9.17, 15) is 13.2 Å². The smallest absolute Gasteiger partial charge is 0.330 e. The van der Waals surface area contributed by atoms with Crippen LogP contribution in [0.5, 0.6) is 0 Å². The Morgan fingerprint density at radius 3 is 2.53 bits per heavy atom. The van der Waals surface area contributed by atoms with Crippen LogP contribution < -0.4 is 5.73 Å². The minimum Gasteiger partial charge on any atom is -0.330 e. The Hall–Kier alpha value is -1.07. The summed E-state index contributed by atoms with van der Waals surface area (Å²) in [6.07, 6.45) is -2.64. The summed E-state index contributed by atoms with van der Waals surface area (Å²) < 4.78 is 39.3. The van der Waals surface area contributed by atoms with Gasteiger partial charge < -0.3 is 5.73 Å². The molecule has 0 bridgehead atoms. The van der Waals surface area contributed by atoms with Gasteiger partial charge in [-0.1, -0.05) is 24.3 Å². The highest BCUT2D eigenvalue weighted by molar-refractivity contribution is 5.28. The van der Waals surface area contributed by atoms with E-state index in [-0.39, 0.29) is 13.0 Å². The summed E-state index contributed by atoms with van der Waals surface area (Å²) in [5, 5.41) is 0. The third kappa shape index (κ3) is 3.48. The minimum atomic E-state index is -4.21. The predicted molar refractivity (Wildman–Crippen MR) is 68.7 cm³/mol. The van der Waals surface area contributed by atoms with Crippen LogP contribution >= 0.6 is 0 Å². The van der Waals surface area contributed by atoms with Crippen LogP contribution in [0.2, 0.25) is 0 Å². The molecule has 0 aliphatic carbocycles. The molecule has 0 aromatic heterocycles. The highest BCUT2D eigenvalue weighted by Gasteiger charge is 2.43. The molecule has 0 saturated heterocycles. The van der Waals surface area contributed by atoms with E-state index in [1.54, 1.807) is 0 Å². The normalized spacial score (nSPS) is 18.7. The third-order valence-electron chi connectivity index (χ3n) is 3.64. The van der Waals surface area contributed by atoms with Crippen LogP contribution in [0.3, 0.4) is 0 Å². The van der Waals surface area contributed by atoms with E-state index in [0.29, 0.717) is 13.1 Å². The van der Waals surface area contributed by atoms with Gasteiger partial charge in [-0.3, -0.25) is 4.90 Å². The molecule has 1 aromatic carbocycles. The van der Waals surface area contributed by atoms with E-state index in [1.165, 1.54) is 10.5 Å². The number of alkyl halides is 3. The zero-order valence-electron chi connectivity index (χ0n) is 10.8. The fourth-order valence-corrected chi connectivity index (χ4v) is 2.70. The summed E-state index contributed by atoms with van der Waals surface area (Å²) in [5.41, 5.74) is 7.51. The second-order valence-electron chi connectivity index (χ2n) is 4.98. The molecule has 1 aliphatic rings. The van der Waals surface area contributed by atoms with Crippen LogP contribution in [0.1, 0.15) is 24.0 Å². The first kappa shape index (κ1) is 14.3. The molecular weight excluding hydrogens is 253 g/mol. The van der Waals surface area contributed by atoms with Gasteiger partial charge >= 0.3 is 6.18 Å². The fraction of sp³-hybridized carbons (Fsp3) is 0.571. The van der Waals surface area contributed by atoms with Crippen molar-refractivity contribution in [2.75, 3.05) is 13.1 Å². The molecule has 2 N–H and O–H groups in total. The lowest BCUT2D eigenvalue weighted by molar-refractivity contribution is -0.186. The zero-order chi connectivity index (χ0) is 13.9. The highest BCUT2D eigenvalue weighted by atomic mass is 19.4. The lowest BCUT2D eigenvalue weighted by atomic mass is 10.0. The van der Waals surface area contributed by atoms with E-state index in [1.807, 2.05) is 24.3 Å². The summed E-state index contributed by atoms with van der Waals surface area (Å²) in [7, 11) is 0. The van der Waals surface area contributed by atoms with Crippen LogP contribution in [-0.4, -0.2) is 30.2 Å². The Morgan fingerprint density at radius 2 is 1.89 bits per heavy atom. The van der Waals surface area contributed by atoms with E-state index < -0.39 is 12.2 Å². The van der Waals surface area contributed by atoms with Crippen molar-refractivity contribution in [1.29, 1.82) is 0 Å². The largest absolute Gasteiger partial charge is 0.404 e. The van der Waals surface area contributed by atoms with Crippen LogP contribution in [-0.2, 0) is 13.0 Å². The molecule has 0 saturated carbocycles. The van der Waals surface area contributed by atoms with E-state index >= 15 is 0 Å². The number of aryl methyl sites for hydroxylation is 1. The van der Waals surface area contributed by atoms with Crippen LogP contribution in [0.4, 0.5) is 13.2 Å². The van der Waals surface area contributed by atoms with E-state index in [2.05, 4.69) is 0 Å². The number of hydrogen-bond donors (Lipinski definition) is 1. The van der Waals surface area contributed by atoms with Crippen molar-refractivity contribution >= 4 is 0 Å². The monoisotopic (exact) mass is 272 g/mol. The highest BCUT2D eigenvalue weighted by Crippen LogP contribution is 2.30. The fourth-order valence-electron chi connectivity index (χ4n) is 2.70. The average Bonchev–Trinajstić information content (AvgIpc) is 2.56. The number of fused-ring (bicyclic) bond motifs is 1. The van der Waals surface area contributed by atoms with Gasteiger partial charge in [0.15, 0.2) is 0 Å². The van der Waals surface area contributed by atoms with E-state index in [0.717, 1.165) is 18.4 Å². The number of rotatable bonds is 3. The van der Waals surface area contributed by atoms with Crippen molar-refractivity contribution in [2.45, 2.75) is 38.0 Å². The van der Waals surface area contributed by atoms with Gasteiger partial charge in [0.1, 0.15) is 6.04 Å². The maximum atomic E-state index is 13.1. The van der Waals surface area contributed by atoms with Crippen molar-refractivity contribution in [2.24, 2.45) is 5.73 Å². The Kier molecular flexibility index (Phi) is 4.47. The van der Waals surface area contributed by atoms with Crippen LogP contribution in [0, 0.1) is 0 Å². The van der Waals surface area contributed by atoms with Gasteiger partial charge in [-0.2, -0.15) is 13.2 Å². The van der Waals surface area contributed by atoms with Crippen LogP contribution in [0.15, 0.2) is 24.3 Å². The first-order valence-electron chi connectivity index (χ1n) is 6.60. The van der Waals surface area contributed by atoms with Crippen molar-refractivity contribution < 1.29 is 13.2 Å². The number of nitrogens with two attached hydrogens (primary N) is 1. The number of nitrogens with zero attached hydrogens (tertiary/aromatic N) is 1. The summed E-state index contributed by atoms with van der Waals surface area (Å²) in [6, 6.07) is 6.32. The first-order chi connectivity index (χ1) is 9.02. The molecule has 0 fully saturated rings. The molecular formula is C14H19F3N2. The van der Waals surface area contributed by atoms with Gasteiger partial charge in [0.25, 0.3) is 0 Å². The molecule has 0 spiro atoms. The molecule has 19 heavy (non-hydrogen) atoms. The summed E-state index contributed by atoms with van der Waals surface area (Å²) in [5.74, 6) is 0. The van der Waals surface area contributed by atoms with E-state index in [4.69, 9.17) is 5.73 Å². The molecule has 1 atom stereocenters. The Labute approximate surface area is 111 Å². The Bertz CT molecular complexity index is 417. The van der Waals surface area contributed by atoms with Gasteiger partial charge in [-0.25, -0.2) is 0 Å². The standard InChI is InChI=1S/C14H19F3N2/c15-14(16,17)13(7-8-18)19-9-3-6-11-4-1-2-5-12(11)10-19/h1-2,4-5,13H,3,6-10,18H2. The maximum Gasteiger partial charge on any atom is 0.404 e. The zero-order valence-corrected chi connectivity index (χ0v) is 10.8. The quantitative estimate of drug-likeness (QED) is 0.916. The molecule has 0 radical (unpaired) electrons. The van der Waals surface area contributed by atoms with Gasteiger partial charge in [-0.15, -0.1) is 0 Å². The predicted octanol–water partition coefficient (Wildman–Crippen LogP) is 2.71. The number of halogens is 3. The molecule has 1 heterocycles. The Morgan fingerprint density at radius 1 is 1.21 bits per heavy atom. The van der Waals surface area contributed by atoms with Gasteiger partial charge in [-0.05, 0) is 43.5 Å². The van der Waals surface area contributed by atoms with Crippen molar-refractivity contribution in [3.05, 3.63) is 35.4 Å². The second kappa shape index (κ2) is 5.92. The summed E-state index contributed by atoms with van der Waals surface area (Å²) >= 11 is 0. The molecule has 106 valence electrons. The molecule has 1 aliphatic heterocycles. The first-order valence-corrected chi connectivity index (χ1v) is 6.60. The molecule has 2 rings (SSSR count). The molecule has 1 aromatic rings. The average molecular weight is 272 g/mol. The summed E-state index contributed by atoms with van der Waals surface area (Å²) in [6.45, 7) is 0.890.